The van der Waals surface area contributed by atoms with Gasteiger partial charge in [0.2, 0.25) is 10.0 Å². The van der Waals surface area contributed by atoms with Crippen molar-refractivity contribution in [2.45, 2.75) is 11.4 Å². The molecule has 0 amide bonds. The van der Waals surface area contributed by atoms with Crippen molar-refractivity contribution in [1.29, 1.82) is 0 Å². The summed E-state index contributed by atoms with van der Waals surface area (Å²) in [6.07, 6.45) is 0. The first-order valence-corrected chi connectivity index (χ1v) is 9.14. The van der Waals surface area contributed by atoms with E-state index in [1.165, 1.54) is 16.4 Å². The van der Waals surface area contributed by atoms with E-state index in [0.717, 1.165) is 11.5 Å². The smallest absolute Gasteiger partial charge is 0.246 e. The Kier molecular flexibility index (Phi) is 5.30. The maximum Gasteiger partial charge on any atom is 0.246 e. The van der Waals surface area contributed by atoms with Crippen molar-refractivity contribution in [3.8, 4) is 0 Å². The van der Waals surface area contributed by atoms with Gasteiger partial charge in [-0.15, -0.1) is 0 Å². The maximum atomic E-state index is 14.4. The third-order valence-corrected chi connectivity index (χ3v) is 6.09. The van der Waals surface area contributed by atoms with Crippen molar-refractivity contribution < 1.29 is 12.8 Å². The van der Waals surface area contributed by atoms with Crippen LogP contribution in [0.5, 0.6) is 0 Å². The third-order valence-electron chi connectivity index (χ3n) is 3.03. The van der Waals surface area contributed by atoms with Gasteiger partial charge in [-0.25, -0.2) is 12.8 Å². The molecule has 1 aromatic rings. The molecule has 8 heteroatoms. The fourth-order valence-corrected chi connectivity index (χ4v) is 5.07. The van der Waals surface area contributed by atoms with E-state index in [4.69, 9.17) is 11.6 Å². The molecule has 112 valence electrons. The highest BCUT2D eigenvalue weighted by Gasteiger charge is 2.30. The zero-order valence-corrected chi connectivity index (χ0v) is 13.4. The molecule has 4 nitrogen and oxygen atoms in total. The number of thioether (sulfide) groups is 1. The van der Waals surface area contributed by atoms with Crippen molar-refractivity contribution in [3.05, 3.63) is 28.5 Å². The largest absolute Gasteiger partial charge is 0.316 e. The van der Waals surface area contributed by atoms with Crippen LogP contribution in [0.3, 0.4) is 0 Å². The second kappa shape index (κ2) is 6.62. The van der Waals surface area contributed by atoms with E-state index in [-0.39, 0.29) is 22.0 Å². The maximum absolute atomic E-state index is 14.4. The molecule has 1 fully saturated rings. The second-order valence-corrected chi connectivity index (χ2v) is 7.99. The van der Waals surface area contributed by atoms with Crippen molar-refractivity contribution >= 4 is 33.4 Å². The zero-order valence-electron chi connectivity index (χ0n) is 11.0. The van der Waals surface area contributed by atoms with Crippen LogP contribution >= 0.6 is 23.4 Å². The van der Waals surface area contributed by atoms with E-state index in [0.29, 0.717) is 13.1 Å². The lowest BCUT2D eigenvalue weighted by Crippen LogP contribution is -2.38. The molecule has 0 aliphatic carbocycles. The Morgan fingerprint density at radius 1 is 1.40 bits per heavy atom. The van der Waals surface area contributed by atoms with Gasteiger partial charge in [-0.1, -0.05) is 11.6 Å². The Labute approximate surface area is 127 Å². The Balaban J connectivity index is 2.45. The highest BCUT2D eigenvalue weighted by molar-refractivity contribution is 7.99. The number of halogens is 2. The number of sulfonamides is 1. The Bertz CT molecular complexity index is 589. The molecule has 2 rings (SSSR count). The number of nitrogens with zero attached hydrogens (tertiary/aromatic N) is 1. The minimum absolute atomic E-state index is 0.224. The Hall–Kier alpha value is -0.340. The van der Waals surface area contributed by atoms with Crippen molar-refractivity contribution in [2.24, 2.45) is 0 Å². The molecule has 20 heavy (non-hydrogen) atoms. The van der Waals surface area contributed by atoms with E-state index in [1.807, 2.05) is 0 Å². The molecule has 1 aliphatic heterocycles. The molecule has 1 saturated heterocycles. The van der Waals surface area contributed by atoms with Crippen LogP contribution in [-0.4, -0.2) is 44.4 Å². The minimum atomic E-state index is -3.82. The van der Waals surface area contributed by atoms with Gasteiger partial charge in [-0.2, -0.15) is 16.1 Å². The van der Waals surface area contributed by atoms with Crippen molar-refractivity contribution in [2.75, 3.05) is 31.6 Å². The molecule has 0 radical (unpaired) electrons. The quantitative estimate of drug-likeness (QED) is 0.911. The lowest BCUT2D eigenvalue weighted by Gasteiger charge is -2.26. The molecule has 0 unspecified atom stereocenters. The van der Waals surface area contributed by atoms with Crippen molar-refractivity contribution in [1.82, 2.24) is 9.62 Å². The molecule has 0 bridgehead atoms. The van der Waals surface area contributed by atoms with Crippen LogP contribution in [0.2, 0.25) is 5.02 Å². The topological polar surface area (TPSA) is 49.4 Å². The molecular weight excluding hydrogens is 323 g/mol. The monoisotopic (exact) mass is 338 g/mol. The molecule has 1 heterocycles. The van der Waals surface area contributed by atoms with Crippen molar-refractivity contribution in [3.63, 3.8) is 0 Å². The van der Waals surface area contributed by atoms with E-state index < -0.39 is 15.8 Å². The average molecular weight is 339 g/mol. The summed E-state index contributed by atoms with van der Waals surface area (Å²) in [7, 11) is -2.16. The third kappa shape index (κ3) is 3.28. The lowest BCUT2D eigenvalue weighted by atomic mass is 10.2. The van der Waals surface area contributed by atoms with Gasteiger partial charge < -0.3 is 5.32 Å². The molecule has 0 aromatic heterocycles. The van der Waals surface area contributed by atoms with E-state index in [2.05, 4.69) is 5.32 Å². The number of hydrogen-bond donors (Lipinski definition) is 1. The highest BCUT2D eigenvalue weighted by Crippen LogP contribution is 2.27. The molecule has 1 aliphatic rings. The lowest BCUT2D eigenvalue weighted by molar-refractivity contribution is 0.437. The number of benzene rings is 1. The van der Waals surface area contributed by atoms with Crippen LogP contribution in [0.15, 0.2) is 17.0 Å². The molecule has 0 saturated carbocycles. The number of rotatable bonds is 4. The summed E-state index contributed by atoms with van der Waals surface area (Å²) in [5, 5.41) is 3.02. The summed E-state index contributed by atoms with van der Waals surface area (Å²) >= 11 is 7.61. The average Bonchev–Trinajstić information content (AvgIpc) is 2.43. The van der Waals surface area contributed by atoms with Gasteiger partial charge in [-0.3, -0.25) is 0 Å². The van der Waals surface area contributed by atoms with Gasteiger partial charge >= 0.3 is 0 Å². The fraction of sp³-hybridized carbons (Fsp3) is 0.500. The first-order chi connectivity index (χ1) is 9.46. The molecule has 0 spiro atoms. The first-order valence-electron chi connectivity index (χ1n) is 6.17. The molecule has 0 atom stereocenters. The van der Waals surface area contributed by atoms with Gasteiger partial charge in [0.15, 0.2) is 0 Å². The normalized spacial score (nSPS) is 17.4. The van der Waals surface area contributed by atoms with Gasteiger partial charge in [0, 0.05) is 41.7 Å². The van der Waals surface area contributed by atoms with Crippen LogP contribution in [0.25, 0.3) is 0 Å². The summed E-state index contributed by atoms with van der Waals surface area (Å²) in [5.74, 6) is 0.734. The molecule has 1 N–H and O–H groups in total. The summed E-state index contributed by atoms with van der Waals surface area (Å²) in [5.41, 5.74) is 0.255. The molecule has 1 aromatic carbocycles. The zero-order chi connectivity index (χ0) is 14.8. The van der Waals surface area contributed by atoms with Crippen LogP contribution in [0, 0.1) is 5.82 Å². The predicted octanol–water partition coefficient (Wildman–Crippen LogP) is 1.94. The first kappa shape index (κ1) is 16.0. The van der Waals surface area contributed by atoms with E-state index in [9.17, 15) is 12.8 Å². The summed E-state index contributed by atoms with van der Waals surface area (Å²) in [4.78, 5) is -0.331. The summed E-state index contributed by atoms with van der Waals surface area (Å²) in [6.45, 7) is 1.03. The van der Waals surface area contributed by atoms with Gasteiger partial charge in [0.05, 0.1) is 0 Å². The van der Waals surface area contributed by atoms with Gasteiger partial charge in [-0.05, 0) is 19.2 Å². The number of hydrogen-bond acceptors (Lipinski definition) is 4. The number of nitrogens with one attached hydrogen (secondary N) is 1. The van der Waals surface area contributed by atoms with Gasteiger partial charge in [0.25, 0.3) is 0 Å². The SMILES string of the molecule is CNCc1cc(Cl)cc(S(=O)(=O)N2CCSCC2)c1F. The summed E-state index contributed by atoms with van der Waals surface area (Å²) in [6, 6.07) is 2.63. The van der Waals surface area contributed by atoms with Crippen LogP contribution in [0.1, 0.15) is 5.56 Å². The molecular formula is C12H16ClFN2O2S2. The van der Waals surface area contributed by atoms with Gasteiger partial charge in [0.1, 0.15) is 10.7 Å². The minimum Gasteiger partial charge on any atom is -0.316 e. The van der Waals surface area contributed by atoms with Crippen LogP contribution < -0.4 is 5.32 Å². The predicted molar refractivity (Wildman–Crippen MR) is 80.3 cm³/mol. The van der Waals surface area contributed by atoms with E-state index >= 15 is 0 Å². The Morgan fingerprint density at radius 3 is 2.65 bits per heavy atom. The Morgan fingerprint density at radius 2 is 2.05 bits per heavy atom. The summed E-state index contributed by atoms with van der Waals surface area (Å²) < 4.78 is 40.7. The standard InChI is InChI=1S/C12H16ClFN2O2S2/c1-15-8-9-6-10(13)7-11(12(9)14)20(17,18)16-2-4-19-5-3-16/h6-7,15H,2-5,8H2,1H3. The van der Waals surface area contributed by atoms with Crippen LogP contribution in [-0.2, 0) is 16.6 Å². The van der Waals surface area contributed by atoms with Crippen LogP contribution in [0.4, 0.5) is 4.39 Å². The second-order valence-electron chi connectivity index (χ2n) is 4.42. The van der Waals surface area contributed by atoms with E-state index in [1.54, 1.807) is 18.8 Å². The highest BCUT2D eigenvalue weighted by atomic mass is 35.5. The fourth-order valence-electron chi connectivity index (χ4n) is 2.05.